The van der Waals surface area contributed by atoms with Gasteiger partial charge in [-0.05, 0) is 60.7 Å². The molecule has 39 heavy (non-hydrogen) atoms. The molecule has 0 amide bonds. The maximum Gasteiger partial charge on any atom is 0.136 e. The molecule has 0 aliphatic rings. The minimum atomic E-state index is -0.280. The van der Waals surface area contributed by atoms with Gasteiger partial charge >= 0.3 is 0 Å². The molecule has 0 N–H and O–H groups in total. The van der Waals surface area contributed by atoms with Crippen LogP contribution in [0.25, 0.3) is 53.1 Å². The van der Waals surface area contributed by atoms with Gasteiger partial charge in [-0.3, -0.25) is 0 Å². The highest BCUT2D eigenvalue weighted by Crippen LogP contribution is 2.41. The third-order valence-corrected chi connectivity index (χ3v) is 9.11. The van der Waals surface area contributed by atoms with Gasteiger partial charge in [-0.1, -0.05) is 0 Å². The van der Waals surface area contributed by atoms with Crippen LogP contribution in [0.4, 0.5) is 20.2 Å². The number of anilines is 2. The zero-order valence-electron chi connectivity index (χ0n) is 21.4. The number of rotatable bonds is 6. The highest BCUT2D eigenvalue weighted by atomic mass is 32.1. The van der Waals surface area contributed by atoms with E-state index >= 15 is 0 Å². The van der Waals surface area contributed by atoms with Gasteiger partial charge in [0.15, 0.2) is 0 Å². The Morgan fingerprint density at radius 1 is 0.564 bits per heavy atom. The number of thiophene rings is 2. The van der Waals surface area contributed by atoms with Crippen LogP contribution >= 0.6 is 34.4 Å². The summed E-state index contributed by atoms with van der Waals surface area (Å²) in [4.78, 5) is 6.97. The normalized spacial score (nSPS) is 11.3. The first-order chi connectivity index (χ1) is 18.8. The van der Waals surface area contributed by atoms with Crippen LogP contribution in [0.5, 0.6) is 0 Å². The molecule has 0 aliphatic heterocycles. The molecule has 6 rings (SSSR count). The largest absolute Gasteiger partial charge is 0.378 e. The third kappa shape index (κ3) is 4.66. The lowest BCUT2D eigenvalue weighted by atomic mass is 10.1. The van der Waals surface area contributed by atoms with E-state index in [9.17, 15) is 8.78 Å². The monoisotopic (exact) mass is 576 g/mol. The van der Waals surface area contributed by atoms with Crippen LogP contribution in [-0.2, 0) is 0 Å². The average Bonchev–Trinajstić information content (AvgIpc) is 3.69. The molecule has 6 aromatic rings. The molecule has 0 aliphatic carbocycles. The Labute approximate surface area is 236 Å². The van der Waals surface area contributed by atoms with Crippen LogP contribution in [-0.4, -0.2) is 47.1 Å². The molecule has 2 aromatic carbocycles. The zero-order valence-corrected chi connectivity index (χ0v) is 23.9. The molecule has 4 aromatic heterocycles. The summed E-state index contributed by atoms with van der Waals surface area (Å²) in [5, 5.41) is 9.03. The molecule has 4 heterocycles. The molecule has 0 saturated carbocycles. The van der Waals surface area contributed by atoms with Crippen LogP contribution in [0.1, 0.15) is 0 Å². The summed E-state index contributed by atoms with van der Waals surface area (Å²) in [5.74, 6) is -0.560. The average molecular weight is 577 g/mol. The van der Waals surface area contributed by atoms with Gasteiger partial charge in [0.05, 0.1) is 21.5 Å². The molecular formula is C28H22F2N6S3. The van der Waals surface area contributed by atoms with Gasteiger partial charge in [-0.25, -0.2) is 8.78 Å². The molecule has 0 radical (unpaired) electrons. The smallest absolute Gasteiger partial charge is 0.136 e. The summed E-state index contributed by atoms with van der Waals surface area (Å²) in [6.45, 7) is 0. The fourth-order valence-corrected chi connectivity index (χ4v) is 6.80. The number of hydrogen-bond acceptors (Lipinski definition) is 9. The summed E-state index contributed by atoms with van der Waals surface area (Å²) in [6, 6.07) is 18.0. The van der Waals surface area contributed by atoms with Crippen molar-refractivity contribution >= 4 is 56.8 Å². The number of hydrogen-bond donors (Lipinski definition) is 0. The SMILES string of the molecule is CN(C)c1ccc(-c2ccc(-c3nnc(-c4ccc(-c5ccc(N(C)C)cc5F)s4)c4nsnc34)s2)c(F)c1. The zero-order chi connectivity index (χ0) is 27.3. The van der Waals surface area contributed by atoms with E-state index in [1.165, 1.54) is 34.8 Å². The van der Waals surface area contributed by atoms with E-state index in [2.05, 4.69) is 18.9 Å². The fourth-order valence-electron chi connectivity index (χ4n) is 4.21. The van der Waals surface area contributed by atoms with Crippen molar-refractivity contribution in [2.45, 2.75) is 0 Å². The number of halogens is 2. The van der Waals surface area contributed by atoms with E-state index < -0.39 is 0 Å². The Bertz CT molecular complexity index is 1690. The third-order valence-electron chi connectivity index (χ3n) is 6.33. The van der Waals surface area contributed by atoms with Crippen molar-refractivity contribution in [1.82, 2.24) is 18.9 Å². The Morgan fingerprint density at radius 2 is 0.974 bits per heavy atom. The van der Waals surface area contributed by atoms with E-state index in [1.807, 2.05) is 74.4 Å². The van der Waals surface area contributed by atoms with E-state index in [-0.39, 0.29) is 11.6 Å². The van der Waals surface area contributed by atoms with Gasteiger partial charge in [0.1, 0.15) is 34.1 Å². The Kier molecular flexibility index (Phi) is 6.57. The van der Waals surface area contributed by atoms with E-state index in [0.29, 0.717) is 33.5 Å². The lowest BCUT2D eigenvalue weighted by molar-refractivity contribution is 0.631. The molecule has 11 heteroatoms. The van der Waals surface area contributed by atoms with Gasteiger partial charge in [0.25, 0.3) is 0 Å². The number of benzene rings is 2. The second-order valence-electron chi connectivity index (χ2n) is 9.30. The van der Waals surface area contributed by atoms with Gasteiger partial charge in [-0.2, -0.15) is 8.75 Å². The number of fused-ring (bicyclic) bond motifs is 1. The predicted molar refractivity (Wildman–Crippen MR) is 159 cm³/mol. The van der Waals surface area contributed by atoms with Gasteiger partial charge < -0.3 is 9.80 Å². The van der Waals surface area contributed by atoms with Gasteiger partial charge in [0, 0.05) is 60.4 Å². The van der Waals surface area contributed by atoms with E-state index in [1.54, 1.807) is 12.1 Å². The van der Waals surface area contributed by atoms with Crippen molar-refractivity contribution in [3.05, 3.63) is 72.3 Å². The van der Waals surface area contributed by atoms with Crippen molar-refractivity contribution in [2.24, 2.45) is 0 Å². The van der Waals surface area contributed by atoms with Crippen LogP contribution in [0.15, 0.2) is 60.7 Å². The van der Waals surface area contributed by atoms with Crippen LogP contribution in [0.3, 0.4) is 0 Å². The van der Waals surface area contributed by atoms with E-state index in [0.717, 1.165) is 42.6 Å². The van der Waals surface area contributed by atoms with Gasteiger partial charge in [-0.15, -0.1) is 32.9 Å². The molecular weight excluding hydrogens is 555 g/mol. The lowest BCUT2D eigenvalue weighted by Crippen LogP contribution is -2.08. The molecule has 0 atom stereocenters. The first-order valence-electron chi connectivity index (χ1n) is 11.9. The standard InChI is InChI=1S/C28H22F2N6S3/c1-35(2)15-5-7-17(19(29)13-15)21-9-11-23(37-21)25-27-28(34-39-33-27)26(32-31-25)24-12-10-22(38-24)18-8-6-16(36(3)4)14-20(18)30/h5-14H,1-4H3. The highest BCUT2D eigenvalue weighted by Gasteiger charge is 2.20. The maximum atomic E-state index is 14.9. The summed E-state index contributed by atoms with van der Waals surface area (Å²) in [6.07, 6.45) is 0. The topological polar surface area (TPSA) is 58.0 Å². The quantitative estimate of drug-likeness (QED) is 0.203. The molecule has 0 bridgehead atoms. The fraction of sp³-hybridized carbons (Fsp3) is 0.143. The molecule has 6 nitrogen and oxygen atoms in total. The van der Waals surface area contributed by atoms with Crippen molar-refractivity contribution in [2.75, 3.05) is 38.0 Å². The highest BCUT2D eigenvalue weighted by molar-refractivity contribution is 7.19. The lowest BCUT2D eigenvalue weighted by Gasteiger charge is -2.13. The second-order valence-corrected chi connectivity index (χ2v) is 12.0. The van der Waals surface area contributed by atoms with Crippen molar-refractivity contribution in [1.29, 1.82) is 0 Å². The minimum Gasteiger partial charge on any atom is -0.378 e. The first kappa shape index (κ1) is 25.5. The summed E-state index contributed by atoms with van der Waals surface area (Å²) in [7, 11) is 7.52. The van der Waals surface area contributed by atoms with Crippen molar-refractivity contribution < 1.29 is 8.78 Å². The molecule has 0 unspecified atom stereocenters. The van der Waals surface area contributed by atoms with Crippen molar-refractivity contribution in [3.8, 4) is 42.0 Å². The minimum absolute atomic E-state index is 0.280. The number of aromatic nitrogens is 4. The van der Waals surface area contributed by atoms with Crippen LogP contribution < -0.4 is 9.80 Å². The summed E-state index contributed by atoms with van der Waals surface area (Å²) in [5.41, 5.74) is 5.15. The first-order valence-corrected chi connectivity index (χ1v) is 14.3. The Hall–Kier alpha value is -3.80. The number of nitrogens with zero attached hydrogens (tertiary/aromatic N) is 6. The predicted octanol–water partition coefficient (Wildman–Crippen LogP) is 7.68. The molecule has 0 spiro atoms. The van der Waals surface area contributed by atoms with Crippen molar-refractivity contribution in [3.63, 3.8) is 0 Å². The Balaban J connectivity index is 1.34. The molecule has 0 fully saturated rings. The second kappa shape index (κ2) is 10.1. The summed E-state index contributed by atoms with van der Waals surface area (Å²) < 4.78 is 38.8. The molecule has 196 valence electrons. The molecule has 0 saturated heterocycles. The van der Waals surface area contributed by atoms with Gasteiger partial charge in [0.2, 0.25) is 0 Å². The summed E-state index contributed by atoms with van der Waals surface area (Å²) >= 11 is 3.95. The van der Waals surface area contributed by atoms with Crippen LogP contribution in [0.2, 0.25) is 0 Å². The Morgan fingerprint density at radius 3 is 1.36 bits per heavy atom. The van der Waals surface area contributed by atoms with E-state index in [4.69, 9.17) is 0 Å². The maximum absolute atomic E-state index is 14.9. The van der Waals surface area contributed by atoms with Crippen LogP contribution in [0, 0.1) is 11.6 Å².